The minimum Gasteiger partial charge on any atom is -0.481 e. The third-order valence-electron chi connectivity index (χ3n) is 2.82. The highest BCUT2D eigenvalue weighted by atomic mass is 16.4. The molecule has 1 heterocycles. The Morgan fingerprint density at radius 2 is 1.95 bits per heavy atom. The van der Waals surface area contributed by atoms with E-state index in [1.165, 1.54) is 0 Å². The molecular weight excluding hydrogens is 244 g/mol. The molecule has 100 valence electrons. The number of carboxylic acids is 1. The molecule has 1 aromatic heterocycles. The van der Waals surface area contributed by atoms with Gasteiger partial charge in [0.25, 0.3) is 0 Å². The molecule has 0 atom stereocenters. The summed E-state index contributed by atoms with van der Waals surface area (Å²) in [5.74, 6) is 0.00577. The van der Waals surface area contributed by atoms with Crippen molar-refractivity contribution in [1.29, 1.82) is 0 Å². The summed E-state index contributed by atoms with van der Waals surface area (Å²) in [7, 11) is 0. The summed E-state index contributed by atoms with van der Waals surface area (Å²) in [6.45, 7) is 0.705. The molecule has 1 N–H and O–H groups in total. The Kier molecular flexibility index (Phi) is 4.60. The van der Waals surface area contributed by atoms with E-state index in [4.69, 9.17) is 5.11 Å². The van der Waals surface area contributed by atoms with Crippen LogP contribution in [0.5, 0.6) is 0 Å². The maximum Gasteiger partial charge on any atom is 0.303 e. The van der Waals surface area contributed by atoms with Crippen molar-refractivity contribution in [3.63, 3.8) is 0 Å². The van der Waals surface area contributed by atoms with Gasteiger partial charge in [0.1, 0.15) is 0 Å². The van der Waals surface area contributed by atoms with Crippen LogP contribution in [0.15, 0.2) is 30.3 Å². The van der Waals surface area contributed by atoms with Crippen molar-refractivity contribution in [3.8, 4) is 11.4 Å². The molecule has 0 unspecified atom stereocenters. The second-order valence-electron chi connectivity index (χ2n) is 4.30. The van der Waals surface area contributed by atoms with Crippen molar-refractivity contribution in [2.45, 2.75) is 32.2 Å². The lowest BCUT2D eigenvalue weighted by Gasteiger charge is -2.04. The topological polar surface area (TPSA) is 80.9 Å². The van der Waals surface area contributed by atoms with Crippen LogP contribution in [0.25, 0.3) is 11.4 Å². The summed E-state index contributed by atoms with van der Waals surface area (Å²) < 4.78 is 1.76. The molecular formula is C13H16N4O2. The van der Waals surface area contributed by atoms with E-state index < -0.39 is 5.97 Å². The number of tetrazole rings is 1. The van der Waals surface area contributed by atoms with Gasteiger partial charge in [0.2, 0.25) is 0 Å². The van der Waals surface area contributed by atoms with Crippen LogP contribution in [0, 0.1) is 0 Å². The van der Waals surface area contributed by atoms with Gasteiger partial charge in [-0.2, -0.15) is 0 Å². The molecule has 2 aromatic rings. The highest BCUT2D eigenvalue weighted by Crippen LogP contribution is 2.15. The van der Waals surface area contributed by atoms with Crippen molar-refractivity contribution < 1.29 is 9.90 Å². The van der Waals surface area contributed by atoms with Crippen LogP contribution in [0.1, 0.15) is 25.7 Å². The van der Waals surface area contributed by atoms with Crippen molar-refractivity contribution in [2.75, 3.05) is 0 Å². The average molecular weight is 260 g/mol. The molecule has 0 saturated heterocycles. The van der Waals surface area contributed by atoms with Gasteiger partial charge in [0.15, 0.2) is 5.82 Å². The van der Waals surface area contributed by atoms with Gasteiger partial charge in [-0.1, -0.05) is 36.8 Å². The lowest BCUT2D eigenvalue weighted by Crippen LogP contribution is -2.03. The molecule has 0 aliphatic rings. The zero-order valence-electron chi connectivity index (χ0n) is 10.6. The van der Waals surface area contributed by atoms with Gasteiger partial charge in [-0.05, 0) is 23.3 Å². The summed E-state index contributed by atoms with van der Waals surface area (Å²) in [5, 5.41) is 20.2. The summed E-state index contributed by atoms with van der Waals surface area (Å²) in [6, 6.07) is 9.77. The van der Waals surface area contributed by atoms with Crippen molar-refractivity contribution in [1.82, 2.24) is 20.2 Å². The van der Waals surface area contributed by atoms with Gasteiger partial charge in [-0.3, -0.25) is 4.79 Å². The number of hydrogen-bond acceptors (Lipinski definition) is 4. The molecule has 6 heteroatoms. The first-order valence-electron chi connectivity index (χ1n) is 6.31. The van der Waals surface area contributed by atoms with Crippen LogP contribution in [0.2, 0.25) is 0 Å². The van der Waals surface area contributed by atoms with E-state index in [0.29, 0.717) is 13.0 Å². The zero-order chi connectivity index (χ0) is 13.5. The van der Waals surface area contributed by atoms with Crippen molar-refractivity contribution in [2.24, 2.45) is 0 Å². The monoisotopic (exact) mass is 260 g/mol. The van der Waals surface area contributed by atoms with Crippen molar-refractivity contribution in [3.05, 3.63) is 30.3 Å². The molecule has 1 aromatic carbocycles. The van der Waals surface area contributed by atoms with Gasteiger partial charge in [-0.25, -0.2) is 4.68 Å². The summed E-state index contributed by atoms with van der Waals surface area (Å²) in [5.41, 5.74) is 0.984. The molecule has 0 saturated carbocycles. The van der Waals surface area contributed by atoms with E-state index in [2.05, 4.69) is 15.5 Å². The minimum atomic E-state index is -0.743. The largest absolute Gasteiger partial charge is 0.481 e. The molecule has 0 amide bonds. The third kappa shape index (κ3) is 3.87. The number of aromatic nitrogens is 4. The van der Waals surface area contributed by atoms with Gasteiger partial charge < -0.3 is 5.11 Å². The molecule has 0 aliphatic heterocycles. The fourth-order valence-corrected chi connectivity index (χ4v) is 1.86. The summed E-state index contributed by atoms with van der Waals surface area (Å²) in [4.78, 5) is 10.4. The number of unbranched alkanes of at least 4 members (excludes halogenated alkanes) is 2. The van der Waals surface area contributed by atoms with E-state index in [0.717, 1.165) is 24.2 Å². The Bertz CT molecular complexity index is 524. The fraction of sp³-hybridized carbons (Fsp3) is 0.385. The summed E-state index contributed by atoms with van der Waals surface area (Å²) >= 11 is 0. The highest BCUT2D eigenvalue weighted by Gasteiger charge is 2.07. The first-order chi connectivity index (χ1) is 9.27. The van der Waals surface area contributed by atoms with Gasteiger partial charge >= 0.3 is 5.97 Å². The van der Waals surface area contributed by atoms with E-state index >= 15 is 0 Å². The van der Waals surface area contributed by atoms with Gasteiger partial charge in [-0.15, -0.1) is 5.10 Å². The van der Waals surface area contributed by atoms with E-state index in [9.17, 15) is 4.79 Å². The molecule has 0 spiro atoms. The Morgan fingerprint density at radius 3 is 2.68 bits per heavy atom. The Labute approximate surface area is 111 Å². The average Bonchev–Trinajstić information content (AvgIpc) is 2.87. The number of benzene rings is 1. The quantitative estimate of drug-likeness (QED) is 0.770. The molecule has 2 rings (SSSR count). The standard InChI is InChI=1S/C13H16N4O2/c18-12(19)9-5-2-6-10-17-13(14-15-16-17)11-7-3-1-4-8-11/h1,3-4,7-8H,2,5-6,9-10H2,(H,18,19). The maximum absolute atomic E-state index is 10.4. The van der Waals surface area contributed by atoms with Gasteiger partial charge in [0, 0.05) is 18.5 Å². The van der Waals surface area contributed by atoms with Crippen LogP contribution < -0.4 is 0 Å². The molecule has 0 bridgehead atoms. The number of aliphatic carboxylic acids is 1. The van der Waals surface area contributed by atoms with Gasteiger partial charge in [0.05, 0.1) is 0 Å². The number of rotatable bonds is 7. The second kappa shape index (κ2) is 6.63. The Balaban J connectivity index is 1.88. The third-order valence-corrected chi connectivity index (χ3v) is 2.82. The molecule has 6 nitrogen and oxygen atoms in total. The van der Waals surface area contributed by atoms with Crippen LogP contribution in [0.4, 0.5) is 0 Å². The van der Waals surface area contributed by atoms with E-state index in [-0.39, 0.29) is 6.42 Å². The number of nitrogens with zero attached hydrogens (tertiary/aromatic N) is 4. The van der Waals surface area contributed by atoms with Crippen LogP contribution in [-0.4, -0.2) is 31.3 Å². The predicted molar refractivity (Wildman–Crippen MR) is 69.4 cm³/mol. The summed E-state index contributed by atoms with van der Waals surface area (Å²) in [6.07, 6.45) is 2.65. The van der Waals surface area contributed by atoms with Crippen LogP contribution in [-0.2, 0) is 11.3 Å². The lowest BCUT2D eigenvalue weighted by atomic mass is 10.2. The molecule has 19 heavy (non-hydrogen) atoms. The fourth-order valence-electron chi connectivity index (χ4n) is 1.86. The zero-order valence-corrected chi connectivity index (χ0v) is 10.6. The van der Waals surface area contributed by atoms with Crippen molar-refractivity contribution >= 4 is 5.97 Å². The van der Waals surface area contributed by atoms with E-state index in [1.807, 2.05) is 30.3 Å². The molecule has 0 radical (unpaired) electrons. The van der Waals surface area contributed by atoms with Crippen LogP contribution in [0.3, 0.4) is 0 Å². The SMILES string of the molecule is O=C(O)CCCCCn1nnnc1-c1ccccc1. The maximum atomic E-state index is 10.4. The minimum absolute atomic E-state index is 0.223. The Hall–Kier alpha value is -2.24. The highest BCUT2D eigenvalue weighted by molar-refractivity contribution is 5.66. The second-order valence-corrected chi connectivity index (χ2v) is 4.30. The number of aryl methyl sites for hydroxylation is 1. The molecule has 0 fully saturated rings. The number of carboxylic acid groups (broad SMARTS) is 1. The predicted octanol–water partition coefficient (Wildman–Crippen LogP) is 1.99. The number of carbonyl (C=O) groups is 1. The van der Waals surface area contributed by atoms with E-state index in [1.54, 1.807) is 4.68 Å². The van der Waals surface area contributed by atoms with Crippen LogP contribution >= 0.6 is 0 Å². The first kappa shape index (κ1) is 13.2. The first-order valence-corrected chi connectivity index (χ1v) is 6.31. The smallest absolute Gasteiger partial charge is 0.303 e. The normalized spacial score (nSPS) is 10.5. The Morgan fingerprint density at radius 1 is 1.16 bits per heavy atom. The number of hydrogen-bond donors (Lipinski definition) is 1. The lowest BCUT2D eigenvalue weighted by molar-refractivity contribution is -0.137. The molecule has 0 aliphatic carbocycles.